The monoisotopic (exact) mass is 231 g/mol. The molecule has 0 amide bonds. The van der Waals surface area contributed by atoms with Crippen LogP contribution < -0.4 is 5.32 Å². The van der Waals surface area contributed by atoms with E-state index in [0.717, 1.165) is 35.8 Å². The van der Waals surface area contributed by atoms with Crippen molar-refractivity contribution < 1.29 is 4.42 Å². The van der Waals surface area contributed by atoms with Crippen molar-refractivity contribution in [3.63, 3.8) is 0 Å². The van der Waals surface area contributed by atoms with Gasteiger partial charge in [0.1, 0.15) is 11.5 Å². The van der Waals surface area contributed by atoms with Crippen LogP contribution >= 0.6 is 0 Å². The minimum absolute atomic E-state index is 0.584. The third kappa shape index (κ3) is 2.19. The van der Waals surface area contributed by atoms with Crippen LogP contribution in [-0.4, -0.2) is 6.04 Å². The predicted octanol–water partition coefficient (Wildman–Crippen LogP) is 3.28. The molecule has 1 N–H and O–H groups in total. The van der Waals surface area contributed by atoms with Gasteiger partial charge in [-0.3, -0.25) is 0 Å². The molecule has 0 aromatic carbocycles. The molecule has 1 aromatic heterocycles. The van der Waals surface area contributed by atoms with Crippen molar-refractivity contribution in [1.82, 2.24) is 5.32 Å². The number of nitrogens with one attached hydrogen (secondary N) is 1. The average Bonchev–Trinajstić information content (AvgIpc) is 3.01. The van der Waals surface area contributed by atoms with Gasteiger partial charge in [-0.2, -0.15) is 0 Å². The van der Waals surface area contributed by atoms with Crippen LogP contribution in [0, 0.1) is 24.7 Å². The normalized spacial score (nSPS) is 32.2. The summed E-state index contributed by atoms with van der Waals surface area (Å²) in [5, 5.41) is 3.61. The summed E-state index contributed by atoms with van der Waals surface area (Å²) in [5.74, 6) is 4.55. The predicted molar refractivity (Wildman–Crippen MR) is 68.6 cm³/mol. The van der Waals surface area contributed by atoms with Crippen molar-refractivity contribution in [1.29, 1.82) is 0 Å². The van der Waals surface area contributed by atoms with E-state index >= 15 is 0 Å². The molecular weight excluding hydrogens is 210 g/mol. The minimum atomic E-state index is 0.584. The summed E-state index contributed by atoms with van der Waals surface area (Å²) in [5.41, 5.74) is 0. The molecule has 0 aliphatic heterocycles. The van der Waals surface area contributed by atoms with E-state index in [9.17, 15) is 0 Å². The van der Waals surface area contributed by atoms with Crippen molar-refractivity contribution in [3.05, 3.63) is 35.8 Å². The van der Waals surface area contributed by atoms with Crippen molar-refractivity contribution >= 4 is 0 Å². The Morgan fingerprint density at radius 2 is 2.24 bits per heavy atom. The van der Waals surface area contributed by atoms with Gasteiger partial charge in [0.2, 0.25) is 0 Å². The average molecular weight is 231 g/mol. The van der Waals surface area contributed by atoms with Gasteiger partial charge in [0.15, 0.2) is 0 Å². The molecule has 1 fully saturated rings. The van der Waals surface area contributed by atoms with Crippen LogP contribution in [0.5, 0.6) is 0 Å². The SMILES string of the molecule is Cc1ccc(CNC(C)C2CC3C=CC2C3)o1. The summed E-state index contributed by atoms with van der Waals surface area (Å²) in [6.07, 6.45) is 7.58. The van der Waals surface area contributed by atoms with Crippen molar-refractivity contribution in [2.24, 2.45) is 17.8 Å². The Morgan fingerprint density at radius 3 is 2.82 bits per heavy atom. The molecule has 2 aliphatic carbocycles. The van der Waals surface area contributed by atoms with Gasteiger partial charge in [-0.05, 0) is 56.6 Å². The molecule has 2 aliphatic rings. The van der Waals surface area contributed by atoms with Gasteiger partial charge in [0, 0.05) is 6.04 Å². The standard InChI is InChI=1S/C15H21NO/c1-10-3-6-14(17-10)9-16-11(2)15-8-12-4-5-13(15)7-12/h3-6,11-13,15-16H,7-9H2,1-2H3. The molecule has 0 saturated heterocycles. The molecule has 4 atom stereocenters. The molecular formula is C15H21NO. The number of rotatable bonds is 4. The Kier molecular flexibility index (Phi) is 2.83. The van der Waals surface area contributed by atoms with Crippen LogP contribution in [-0.2, 0) is 6.54 Å². The highest BCUT2D eigenvalue weighted by molar-refractivity contribution is 5.12. The molecule has 17 heavy (non-hydrogen) atoms. The number of hydrogen-bond acceptors (Lipinski definition) is 2. The Hall–Kier alpha value is -1.02. The highest BCUT2D eigenvalue weighted by Gasteiger charge is 2.38. The Morgan fingerprint density at radius 1 is 1.35 bits per heavy atom. The van der Waals surface area contributed by atoms with Crippen molar-refractivity contribution in [3.8, 4) is 0 Å². The lowest BCUT2D eigenvalue weighted by Crippen LogP contribution is -2.35. The maximum absolute atomic E-state index is 5.58. The fourth-order valence-electron chi connectivity index (χ4n) is 3.39. The molecule has 1 aromatic rings. The number of fused-ring (bicyclic) bond motifs is 2. The van der Waals surface area contributed by atoms with E-state index in [1.165, 1.54) is 12.8 Å². The minimum Gasteiger partial charge on any atom is -0.465 e. The summed E-state index contributed by atoms with van der Waals surface area (Å²) >= 11 is 0. The van der Waals surface area contributed by atoms with Crippen LogP contribution in [0.25, 0.3) is 0 Å². The van der Waals surface area contributed by atoms with Crippen LogP contribution in [0.2, 0.25) is 0 Å². The van der Waals surface area contributed by atoms with Crippen molar-refractivity contribution in [2.75, 3.05) is 0 Å². The quantitative estimate of drug-likeness (QED) is 0.804. The smallest absolute Gasteiger partial charge is 0.117 e. The van der Waals surface area contributed by atoms with Crippen LogP contribution in [0.3, 0.4) is 0 Å². The molecule has 0 spiro atoms. The fourth-order valence-corrected chi connectivity index (χ4v) is 3.39. The molecule has 2 nitrogen and oxygen atoms in total. The summed E-state index contributed by atoms with van der Waals surface area (Å²) in [6.45, 7) is 5.16. The lowest BCUT2D eigenvalue weighted by molar-refractivity contribution is 0.316. The Labute approximate surface area is 103 Å². The second-order valence-corrected chi connectivity index (χ2v) is 5.63. The van der Waals surface area contributed by atoms with E-state index in [1.807, 2.05) is 13.0 Å². The van der Waals surface area contributed by atoms with Gasteiger partial charge < -0.3 is 9.73 Å². The van der Waals surface area contributed by atoms with Crippen molar-refractivity contribution in [2.45, 2.75) is 39.3 Å². The van der Waals surface area contributed by atoms with Gasteiger partial charge >= 0.3 is 0 Å². The molecule has 1 heterocycles. The third-order valence-corrected chi connectivity index (χ3v) is 4.37. The topological polar surface area (TPSA) is 25.2 Å². The van der Waals surface area contributed by atoms with Crippen LogP contribution in [0.4, 0.5) is 0 Å². The van der Waals surface area contributed by atoms with Gasteiger partial charge in [-0.15, -0.1) is 0 Å². The van der Waals surface area contributed by atoms with Crippen LogP contribution in [0.15, 0.2) is 28.7 Å². The molecule has 0 radical (unpaired) electrons. The number of hydrogen-bond donors (Lipinski definition) is 1. The lowest BCUT2D eigenvalue weighted by Gasteiger charge is -2.26. The maximum atomic E-state index is 5.58. The molecule has 2 heteroatoms. The zero-order valence-corrected chi connectivity index (χ0v) is 10.6. The first-order valence-corrected chi connectivity index (χ1v) is 6.69. The summed E-state index contributed by atoms with van der Waals surface area (Å²) < 4.78 is 5.58. The van der Waals surface area contributed by atoms with E-state index < -0.39 is 0 Å². The molecule has 1 saturated carbocycles. The molecule has 2 bridgehead atoms. The van der Waals surface area contributed by atoms with E-state index in [-0.39, 0.29) is 0 Å². The van der Waals surface area contributed by atoms with E-state index in [2.05, 4.69) is 30.5 Å². The highest BCUT2D eigenvalue weighted by Crippen LogP contribution is 2.44. The van der Waals surface area contributed by atoms with Gasteiger partial charge in [-0.1, -0.05) is 12.2 Å². The molecule has 4 unspecified atom stereocenters. The van der Waals surface area contributed by atoms with Crippen LogP contribution in [0.1, 0.15) is 31.3 Å². The van der Waals surface area contributed by atoms with E-state index in [4.69, 9.17) is 4.42 Å². The summed E-state index contributed by atoms with van der Waals surface area (Å²) in [4.78, 5) is 0. The lowest BCUT2D eigenvalue weighted by atomic mass is 9.87. The van der Waals surface area contributed by atoms with E-state index in [0.29, 0.717) is 6.04 Å². The first kappa shape index (κ1) is 11.1. The number of aryl methyl sites for hydroxylation is 1. The zero-order valence-electron chi connectivity index (χ0n) is 10.6. The Balaban J connectivity index is 1.54. The molecule has 3 rings (SSSR count). The largest absolute Gasteiger partial charge is 0.465 e. The number of furan rings is 1. The summed E-state index contributed by atoms with van der Waals surface area (Å²) in [7, 11) is 0. The second-order valence-electron chi connectivity index (χ2n) is 5.63. The summed E-state index contributed by atoms with van der Waals surface area (Å²) in [6, 6.07) is 4.68. The zero-order chi connectivity index (χ0) is 11.8. The third-order valence-electron chi connectivity index (χ3n) is 4.37. The first-order valence-electron chi connectivity index (χ1n) is 6.69. The highest BCUT2D eigenvalue weighted by atomic mass is 16.3. The van der Waals surface area contributed by atoms with Gasteiger partial charge in [-0.25, -0.2) is 0 Å². The first-order chi connectivity index (χ1) is 8.22. The van der Waals surface area contributed by atoms with E-state index in [1.54, 1.807) is 0 Å². The number of allylic oxidation sites excluding steroid dienone is 2. The van der Waals surface area contributed by atoms with Gasteiger partial charge in [0.25, 0.3) is 0 Å². The second kappa shape index (κ2) is 4.34. The molecule has 92 valence electrons. The fraction of sp³-hybridized carbons (Fsp3) is 0.600. The van der Waals surface area contributed by atoms with Gasteiger partial charge in [0.05, 0.1) is 6.54 Å². The maximum Gasteiger partial charge on any atom is 0.117 e. The Bertz CT molecular complexity index is 420.